The predicted octanol–water partition coefficient (Wildman–Crippen LogP) is 0.620. The Morgan fingerprint density at radius 1 is 1.56 bits per heavy atom. The molecule has 0 radical (unpaired) electrons. The SMILES string of the molecule is Cc1cc(/C(N)=N\OC(=O)c2snnc2C)no1. The van der Waals surface area contributed by atoms with Gasteiger partial charge in [-0.15, -0.1) is 5.10 Å². The summed E-state index contributed by atoms with van der Waals surface area (Å²) < 4.78 is 8.43. The van der Waals surface area contributed by atoms with Crippen molar-refractivity contribution in [1.82, 2.24) is 14.7 Å². The molecule has 2 aromatic heterocycles. The van der Waals surface area contributed by atoms with Crippen LogP contribution in [0, 0.1) is 13.8 Å². The standard InChI is InChI=1S/C9H9N5O3S/c1-4-3-6(12-16-4)8(10)13-17-9(15)7-5(2)11-14-18-7/h3H,1-2H3,(H2,10,13). The van der Waals surface area contributed by atoms with Crippen LogP contribution < -0.4 is 5.73 Å². The molecule has 0 amide bonds. The van der Waals surface area contributed by atoms with Crippen molar-refractivity contribution < 1.29 is 14.2 Å². The van der Waals surface area contributed by atoms with Crippen LogP contribution in [0.25, 0.3) is 0 Å². The Hall–Kier alpha value is -2.29. The summed E-state index contributed by atoms with van der Waals surface area (Å²) >= 11 is 0.929. The van der Waals surface area contributed by atoms with E-state index in [2.05, 4.69) is 24.7 Å². The molecule has 0 atom stereocenters. The summed E-state index contributed by atoms with van der Waals surface area (Å²) in [5.41, 5.74) is 6.36. The summed E-state index contributed by atoms with van der Waals surface area (Å²) in [5.74, 6) is -0.127. The molecule has 0 aromatic carbocycles. The maximum absolute atomic E-state index is 11.6. The summed E-state index contributed by atoms with van der Waals surface area (Å²) in [4.78, 5) is 16.5. The van der Waals surface area contributed by atoms with Crippen molar-refractivity contribution >= 4 is 23.3 Å². The first-order chi connectivity index (χ1) is 8.58. The van der Waals surface area contributed by atoms with Crippen molar-refractivity contribution in [2.24, 2.45) is 10.9 Å². The lowest BCUT2D eigenvalue weighted by Gasteiger charge is -1.95. The molecule has 18 heavy (non-hydrogen) atoms. The van der Waals surface area contributed by atoms with Crippen LogP contribution in [0.5, 0.6) is 0 Å². The molecule has 0 saturated carbocycles. The number of nitrogens with zero attached hydrogens (tertiary/aromatic N) is 4. The van der Waals surface area contributed by atoms with Gasteiger partial charge in [0.25, 0.3) is 0 Å². The monoisotopic (exact) mass is 267 g/mol. The summed E-state index contributed by atoms with van der Waals surface area (Å²) in [5, 5.41) is 10.8. The van der Waals surface area contributed by atoms with Crippen molar-refractivity contribution in [3.05, 3.63) is 28.1 Å². The highest BCUT2D eigenvalue weighted by atomic mass is 32.1. The van der Waals surface area contributed by atoms with E-state index in [-0.39, 0.29) is 10.7 Å². The summed E-state index contributed by atoms with van der Waals surface area (Å²) in [6.45, 7) is 3.36. The molecule has 0 aliphatic carbocycles. The van der Waals surface area contributed by atoms with Crippen LogP contribution in [-0.4, -0.2) is 26.5 Å². The quantitative estimate of drug-likeness (QED) is 0.375. The molecule has 2 N–H and O–H groups in total. The van der Waals surface area contributed by atoms with Gasteiger partial charge in [0.1, 0.15) is 5.76 Å². The van der Waals surface area contributed by atoms with Gasteiger partial charge in [-0.05, 0) is 25.4 Å². The van der Waals surface area contributed by atoms with Crippen molar-refractivity contribution in [3.63, 3.8) is 0 Å². The zero-order valence-electron chi connectivity index (χ0n) is 9.58. The minimum atomic E-state index is -0.661. The number of amidine groups is 1. The maximum Gasteiger partial charge on any atom is 0.379 e. The summed E-state index contributed by atoms with van der Waals surface area (Å²) in [6, 6.07) is 1.58. The van der Waals surface area contributed by atoms with Gasteiger partial charge < -0.3 is 15.1 Å². The molecule has 0 fully saturated rings. The lowest BCUT2D eigenvalue weighted by Crippen LogP contribution is -2.15. The Morgan fingerprint density at radius 2 is 2.33 bits per heavy atom. The van der Waals surface area contributed by atoms with Crippen molar-refractivity contribution in [3.8, 4) is 0 Å². The number of carbonyl (C=O) groups excluding carboxylic acids is 1. The number of rotatable bonds is 3. The second-order valence-corrected chi connectivity index (χ2v) is 4.12. The van der Waals surface area contributed by atoms with Crippen LogP contribution in [0.1, 0.15) is 26.8 Å². The fraction of sp³-hybridized carbons (Fsp3) is 0.222. The minimum Gasteiger partial charge on any atom is -0.379 e. The van der Waals surface area contributed by atoms with E-state index in [0.29, 0.717) is 17.1 Å². The van der Waals surface area contributed by atoms with E-state index in [9.17, 15) is 4.79 Å². The van der Waals surface area contributed by atoms with Crippen LogP contribution in [0.15, 0.2) is 15.7 Å². The topological polar surface area (TPSA) is 116 Å². The number of oxime groups is 1. The molecule has 0 aliphatic rings. The fourth-order valence-electron chi connectivity index (χ4n) is 1.08. The highest BCUT2D eigenvalue weighted by molar-refractivity contribution is 7.07. The van der Waals surface area contributed by atoms with Gasteiger partial charge in [0.15, 0.2) is 16.4 Å². The minimum absolute atomic E-state index is 0.0460. The third-order valence-electron chi connectivity index (χ3n) is 1.95. The molecule has 0 spiro atoms. The van der Waals surface area contributed by atoms with Gasteiger partial charge in [-0.25, -0.2) is 4.79 Å². The van der Waals surface area contributed by atoms with Gasteiger partial charge in [0.05, 0.1) is 5.69 Å². The van der Waals surface area contributed by atoms with Gasteiger partial charge >= 0.3 is 5.97 Å². The number of aromatic nitrogens is 3. The first kappa shape index (κ1) is 12.2. The Kier molecular flexibility index (Phi) is 3.33. The Bertz CT molecular complexity index is 603. The van der Waals surface area contributed by atoms with Gasteiger partial charge in [-0.2, -0.15) is 0 Å². The zero-order chi connectivity index (χ0) is 13.1. The largest absolute Gasteiger partial charge is 0.379 e. The normalized spacial score (nSPS) is 11.6. The van der Waals surface area contributed by atoms with E-state index in [1.165, 1.54) is 0 Å². The maximum atomic E-state index is 11.6. The second kappa shape index (κ2) is 4.92. The molecular formula is C9H9N5O3S. The fourth-order valence-corrected chi connectivity index (χ4v) is 1.61. The smallest absolute Gasteiger partial charge is 0.379 e. The third-order valence-corrected chi connectivity index (χ3v) is 2.76. The molecule has 94 valence electrons. The molecule has 0 aliphatic heterocycles. The molecule has 2 rings (SSSR count). The van der Waals surface area contributed by atoms with Crippen molar-refractivity contribution in [2.75, 3.05) is 0 Å². The Balaban J connectivity index is 2.07. The lowest BCUT2D eigenvalue weighted by molar-refractivity contribution is 0.0520. The summed E-state index contributed by atoms with van der Waals surface area (Å²) in [6.07, 6.45) is 0. The highest BCUT2D eigenvalue weighted by Crippen LogP contribution is 2.11. The lowest BCUT2D eigenvalue weighted by atomic mass is 10.4. The van der Waals surface area contributed by atoms with Crippen LogP contribution >= 0.6 is 11.5 Å². The second-order valence-electron chi connectivity index (χ2n) is 3.37. The van der Waals surface area contributed by atoms with E-state index in [4.69, 9.17) is 10.3 Å². The Morgan fingerprint density at radius 3 is 2.89 bits per heavy atom. The zero-order valence-corrected chi connectivity index (χ0v) is 10.4. The average Bonchev–Trinajstić information content (AvgIpc) is 2.94. The van der Waals surface area contributed by atoms with E-state index in [1.54, 1.807) is 19.9 Å². The van der Waals surface area contributed by atoms with Crippen LogP contribution in [-0.2, 0) is 4.84 Å². The van der Waals surface area contributed by atoms with Gasteiger partial charge in [-0.3, -0.25) is 0 Å². The molecule has 8 nitrogen and oxygen atoms in total. The molecule has 2 heterocycles. The molecule has 0 unspecified atom stereocenters. The van der Waals surface area contributed by atoms with E-state index >= 15 is 0 Å². The number of carbonyl (C=O) groups is 1. The van der Waals surface area contributed by atoms with Gasteiger partial charge in [-0.1, -0.05) is 14.8 Å². The predicted molar refractivity (Wildman–Crippen MR) is 62.0 cm³/mol. The van der Waals surface area contributed by atoms with E-state index in [1.807, 2.05) is 0 Å². The summed E-state index contributed by atoms with van der Waals surface area (Å²) in [7, 11) is 0. The molecule has 2 aromatic rings. The van der Waals surface area contributed by atoms with Crippen LogP contribution in [0.2, 0.25) is 0 Å². The molecule has 0 bridgehead atoms. The number of hydrogen-bond acceptors (Lipinski definition) is 8. The Labute approximate surface area is 106 Å². The first-order valence-corrected chi connectivity index (χ1v) is 5.62. The van der Waals surface area contributed by atoms with Crippen LogP contribution in [0.4, 0.5) is 0 Å². The van der Waals surface area contributed by atoms with Crippen LogP contribution in [0.3, 0.4) is 0 Å². The van der Waals surface area contributed by atoms with Gasteiger partial charge in [0.2, 0.25) is 0 Å². The first-order valence-electron chi connectivity index (χ1n) is 4.85. The number of hydrogen-bond donors (Lipinski definition) is 1. The highest BCUT2D eigenvalue weighted by Gasteiger charge is 2.15. The molecular weight excluding hydrogens is 258 g/mol. The average molecular weight is 267 g/mol. The van der Waals surface area contributed by atoms with Crippen molar-refractivity contribution in [2.45, 2.75) is 13.8 Å². The van der Waals surface area contributed by atoms with E-state index < -0.39 is 5.97 Å². The van der Waals surface area contributed by atoms with E-state index in [0.717, 1.165) is 11.5 Å². The molecule has 0 saturated heterocycles. The van der Waals surface area contributed by atoms with Gasteiger partial charge in [0, 0.05) is 6.07 Å². The third kappa shape index (κ3) is 2.51. The number of nitrogens with two attached hydrogens (primary N) is 1. The molecule has 9 heteroatoms. The van der Waals surface area contributed by atoms with Crippen molar-refractivity contribution in [1.29, 1.82) is 0 Å². The number of aryl methyl sites for hydroxylation is 2.